The molecule has 0 aliphatic rings. The SMILES string of the molecule is O=c1/c(=C/c2ccccc2OCc2ccc(Cl)c(Cl)c2)sc2nc3ccccc3n12. The Kier molecular flexibility index (Phi) is 4.95. The molecule has 0 spiro atoms. The van der Waals surface area contributed by atoms with E-state index in [1.54, 1.807) is 16.5 Å². The molecule has 5 aromatic rings. The number of thiazole rings is 1. The number of ether oxygens (including phenoxy) is 1. The van der Waals surface area contributed by atoms with E-state index in [0.29, 0.717) is 31.9 Å². The molecule has 148 valence electrons. The van der Waals surface area contributed by atoms with E-state index >= 15 is 0 Å². The Bertz CT molecular complexity index is 1510. The van der Waals surface area contributed by atoms with Gasteiger partial charge in [0.1, 0.15) is 12.4 Å². The maximum atomic E-state index is 13.0. The van der Waals surface area contributed by atoms with E-state index in [1.807, 2.05) is 60.7 Å². The van der Waals surface area contributed by atoms with Crippen LogP contribution in [0.25, 0.3) is 22.1 Å². The molecule has 0 atom stereocenters. The highest BCUT2D eigenvalue weighted by atomic mass is 35.5. The van der Waals surface area contributed by atoms with Crippen LogP contribution in [0, 0.1) is 0 Å². The van der Waals surface area contributed by atoms with Crippen molar-refractivity contribution in [2.24, 2.45) is 0 Å². The zero-order valence-corrected chi connectivity index (χ0v) is 17.8. The van der Waals surface area contributed by atoms with E-state index in [4.69, 9.17) is 27.9 Å². The summed E-state index contributed by atoms with van der Waals surface area (Å²) in [6, 6.07) is 20.6. The highest BCUT2D eigenvalue weighted by Gasteiger charge is 2.11. The number of benzene rings is 3. The van der Waals surface area contributed by atoms with Gasteiger partial charge in [0.05, 0.1) is 25.6 Å². The molecule has 30 heavy (non-hydrogen) atoms. The molecule has 7 heteroatoms. The van der Waals surface area contributed by atoms with Crippen molar-refractivity contribution < 1.29 is 4.74 Å². The molecule has 0 unspecified atom stereocenters. The van der Waals surface area contributed by atoms with Crippen LogP contribution in [-0.4, -0.2) is 9.38 Å². The van der Waals surface area contributed by atoms with E-state index in [-0.39, 0.29) is 5.56 Å². The molecule has 2 aromatic heterocycles. The zero-order chi connectivity index (χ0) is 20.7. The van der Waals surface area contributed by atoms with Crippen molar-refractivity contribution in [2.75, 3.05) is 0 Å². The van der Waals surface area contributed by atoms with Gasteiger partial charge in [0.2, 0.25) is 0 Å². The Morgan fingerprint density at radius 1 is 1.00 bits per heavy atom. The van der Waals surface area contributed by atoms with Crippen LogP contribution in [0.15, 0.2) is 71.5 Å². The lowest BCUT2D eigenvalue weighted by Crippen LogP contribution is -2.22. The van der Waals surface area contributed by atoms with Gasteiger partial charge in [-0.2, -0.15) is 0 Å². The van der Waals surface area contributed by atoms with Crippen molar-refractivity contribution in [3.63, 3.8) is 0 Å². The summed E-state index contributed by atoms with van der Waals surface area (Å²) in [5.74, 6) is 0.680. The molecular weight excluding hydrogens is 439 g/mol. The minimum absolute atomic E-state index is 0.0806. The van der Waals surface area contributed by atoms with Gasteiger partial charge >= 0.3 is 0 Å². The predicted octanol–water partition coefficient (Wildman–Crippen LogP) is 5.34. The minimum atomic E-state index is -0.0806. The van der Waals surface area contributed by atoms with Crippen molar-refractivity contribution in [1.29, 1.82) is 0 Å². The van der Waals surface area contributed by atoms with Crippen molar-refractivity contribution in [1.82, 2.24) is 9.38 Å². The fourth-order valence-electron chi connectivity index (χ4n) is 3.27. The third kappa shape index (κ3) is 3.45. The Balaban J connectivity index is 1.52. The lowest BCUT2D eigenvalue weighted by atomic mass is 10.2. The van der Waals surface area contributed by atoms with Crippen LogP contribution >= 0.6 is 34.5 Å². The first-order valence-corrected chi connectivity index (χ1v) is 10.7. The van der Waals surface area contributed by atoms with Gasteiger partial charge in [-0.15, -0.1) is 0 Å². The number of nitrogens with zero attached hydrogens (tertiary/aromatic N) is 2. The topological polar surface area (TPSA) is 43.6 Å². The Morgan fingerprint density at radius 3 is 2.67 bits per heavy atom. The minimum Gasteiger partial charge on any atom is -0.488 e. The second kappa shape index (κ2) is 7.76. The lowest BCUT2D eigenvalue weighted by Gasteiger charge is -2.09. The number of aromatic nitrogens is 2. The number of halogens is 2. The molecule has 0 aliphatic heterocycles. The van der Waals surface area contributed by atoms with E-state index in [1.165, 1.54) is 11.3 Å². The van der Waals surface area contributed by atoms with Gasteiger partial charge in [-0.05, 0) is 42.0 Å². The molecule has 0 saturated heterocycles. The summed E-state index contributed by atoms with van der Waals surface area (Å²) in [6.45, 7) is 0.338. The second-order valence-corrected chi connectivity index (χ2v) is 8.53. The van der Waals surface area contributed by atoms with Crippen LogP contribution in [-0.2, 0) is 6.61 Å². The predicted molar refractivity (Wildman–Crippen MR) is 123 cm³/mol. The molecule has 0 N–H and O–H groups in total. The van der Waals surface area contributed by atoms with Gasteiger partial charge in [0, 0.05) is 5.56 Å². The van der Waals surface area contributed by atoms with Crippen LogP contribution < -0.4 is 14.8 Å². The molecule has 0 fully saturated rings. The molecule has 0 radical (unpaired) electrons. The third-order valence-corrected chi connectivity index (χ3v) is 6.44. The number of para-hydroxylation sites is 3. The van der Waals surface area contributed by atoms with Crippen LogP contribution in [0.1, 0.15) is 11.1 Å². The summed E-state index contributed by atoms with van der Waals surface area (Å²) in [5.41, 5.74) is 3.28. The van der Waals surface area contributed by atoms with E-state index in [9.17, 15) is 4.79 Å². The fourth-order valence-corrected chi connectivity index (χ4v) is 4.57. The van der Waals surface area contributed by atoms with Gasteiger partial charge in [-0.1, -0.05) is 70.9 Å². The summed E-state index contributed by atoms with van der Waals surface area (Å²) >= 11 is 13.4. The highest BCUT2D eigenvalue weighted by molar-refractivity contribution is 7.15. The molecule has 2 heterocycles. The van der Waals surface area contributed by atoms with E-state index < -0.39 is 0 Å². The Hall–Kier alpha value is -2.86. The second-order valence-electron chi connectivity index (χ2n) is 6.71. The first-order chi connectivity index (χ1) is 14.6. The standard InChI is InChI=1S/C23H14Cl2N2O2S/c24-16-10-9-14(11-17(16)25)13-29-20-8-4-1-5-15(20)12-21-22(28)27-19-7-3-2-6-18(19)26-23(27)30-21/h1-12H,13H2/b21-12-. The largest absolute Gasteiger partial charge is 0.488 e. The summed E-state index contributed by atoms with van der Waals surface area (Å²) < 4.78 is 8.27. The first kappa shape index (κ1) is 19.1. The molecule has 0 saturated carbocycles. The smallest absolute Gasteiger partial charge is 0.274 e. The van der Waals surface area contributed by atoms with Crippen molar-refractivity contribution in [3.8, 4) is 5.75 Å². The highest BCUT2D eigenvalue weighted by Crippen LogP contribution is 2.25. The molecule has 3 aromatic carbocycles. The van der Waals surface area contributed by atoms with Crippen molar-refractivity contribution >= 4 is 56.6 Å². The molecular formula is C23H14Cl2N2O2S. The summed E-state index contributed by atoms with van der Waals surface area (Å²) in [4.78, 5) is 18.2. The molecule has 0 bridgehead atoms. The van der Waals surface area contributed by atoms with Crippen molar-refractivity contribution in [3.05, 3.63) is 103 Å². The van der Waals surface area contributed by atoms with Crippen LogP contribution in [0.2, 0.25) is 10.0 Å². The maximum Gasteiger partial charge on any atom is 0.274 e. The van der Waals surface area contributed by atoms with E-state index in [2.05, 4.69) is 4.98 Å². The van der Waals surface area contributed by atoms with Gasteiger partial charge in [-0.25, -0.2) is 9.38 Å². The van der Waals surface area contributed by atoms with Gasteiger partial charge < -0.3 is 4.74 Å². The fraction of sp³-hybridized carbons (Fsp3) is 0.0435. The van der Waals surface area contributed by atoms with Crippen LogP contribution in [0.4, 0.5) is 0 Å². The Labute approximate surface area is 185 Å². The first-order valence-electron chi connectivity index (χ1n) is 9.17. The molecule has 0 amide bonds. The van der Waals surface area contributed by atoms with Gasteiger partial charge in [-0.3, -0.25) is 4.79 Å². The lowest BCUT2D eigenvalue weighted by molar-refractivity contribution is 0.305. The quantitative estimate of drug-likeness (QED) is 0.369. The number of fused-ring (bicyclic) bond motifs is 3. The summed E-state index contributed by atoms with van der Waals surface area (Å²) in [6.07, 6.45) is 1.85. The monoisotopic (exact) mass is 452 g/mol. The number of rotatable bonds is 4. The zero-order valence-electron chi connectivity index (χ0n) is 15.5. The molecule has 5 rings (SSSR count). The maximum absolute atomic E-state index is 13.0. The van der Waals surface area contributed by atoms with E-state index in [0.717, 1.165) is 22.2 Å². The number of hydrogen-bond acceptors (Lipinski definition) is 4. The Morgan fingerprint density at radius 2 is 1.80 bits per heavy atom. The van der Waals surface area contributed by atoms with Crippen LogP contribution in [0.3, 0.4) is 0 Å². The number of hydrogen-bond donors (Lipinski definition) is 0. The average molecular weight is 453 g/mol. The number of imidazole rings is 1. The summed E-state index contributed by atoms with van der Waals surface area (Å²) in [5, 5.41) is 0.995. The van der Waals surface area contributed by atoms with Gasteiger partial charge in [0.25, 0.3) is 5.56 Å². The van der Waals surface area contributed by atoms with Gasteiger partial charge in [0.15, 0.2) is 4.96 Å². The van der Waals surface area contributed by atoms with Crippen molar-refractivity contribution in [2.45, 2.75) is 6.61 Å². The summed E-state index contributed by atoms with van der Waals surface area (Å²) in [7, 11) is 0. The average Bonchev–Trinajstić information content (AvgIpc) is 3.26. The normalized spacial score (nSPS) is 12.1. The molecule has 4 nitrogen and oxygen atoms in total. The molecule has 0 aliphatic carbocycles. The van der Waals surface area contributed by atoms with Crippen LogP contribution in [0.5, 0.6) is 5.75 Å². The third-order valence-electron chi connectivity index (χ3n) is 4.73.